The Balaban J connectivity index is 2.32. The zero-order valence-electron chi connectivity index (χ0n) is 11.9. The molecule has 5 heteroatoms. The highest BCUT2D eigenvalue weighted by atomic mass is 35.5. The normalized spacial score (nSPS) is 10.4. The van der Waals surface area contributed by atoms with Crippen molar-refractivity contribution < 1.29 is 4.74 Å². The van der Waals surface area contributed by atoms with Crippen molar-refractivity contribution in [2.24, 2.45) is 0 Å². The van der Waals surface area contributed by atoms with Crippen LogP contribution in [0, 0.1) is 13.8 Å². The Hall–Kier alpha value is -1.81. The van der Waals surface area contributed by atoms with Crippen molar-refractivity contribution in [3.63, 3.8) is 0 Å². The van der Waals surface area contributed by atoms with Gasteiger partial charge in [-0.25, -0.2) is 4.98 Å². The van der Waals surface area contributed by atoms with E-state index >= 15 is 0 Å². The molecule has 1 aromatic carbocycles. The van der Waals surface area contributed by atoms with Gasteiger partial charge >= 0.3 is 0 Å². The highest BCUT2D eigenvalue weighted by molar-refractivity contribution is 6.32. The van der Waals surface area contributed by atoms with E-state index in [1.165, 1.54) is 0 Å². The number of hydrogen-bond acceptors (Lipinski definition) is 4. The Bertz CT molecular complexity index is 602. The first-order valence-electron chi connectivity index (χ1n) is 6.63. The molecule has 0 atom stereocenters. The maximum atomic E-state index is 6.11. The van der Waals surface area contributed by atoms with E-state index in [0.29, 0.717) is 22.5 Å². The molecule has 0 spiro atoms. The van der Waals surface area contributed by atoms with Crippen LogP contribution in [-0.2, 0) is 0 Å². The van der Waals surface area contributed by atoms with Crippen LogP contribution in [0.1, 0.15) is 24.7 Å². The van der Waals surface area contributed by atoms with Gasteiger partial charge in [0.05, 0.1) is 10.6 Å². The molecule has 0 amide bonds. The van der Waals surface area contributed by atoms with E-state index in [1.54, 1.807) is 6.07 Å². The minimum absolute atomic E-state index is 0.532. The second-order valence-electron chi connectivity index (χ2n) is 4.51. The van der Waals surface area contributed by atoms with Crippen molar-refractivity contribution in [1.82, 2.24) is 9.97 Å². The molecular weight excluding hydrogens is 274 g/mol. The largest absolute Gasteiger partial charge is 0.437 e. The summed E-state index contributed by atoms with van der Waals surface area (Å²) in [7, 11) is 0. The number of aryl methyl sites for hydroxylation is 1. The Morgan fingerprint density at radius 1 is 1.20 bits per heavy atom. The van der Waals surface area contributed by atoms with Crippen molar-refractivity contribution in [3.8, 4) is 11.6 Å². The third-order valence-corrected chi connectivity index (χ3v) is 3.11. The molecule has 4 nitrogen and oxygen atoms in total. The minimum Gasteiger partial charge on any atom is -0.437 e. The van der Waals surface area contributed by atoms with Gasteiger partial charge in [-0.3, -0.25) is 0 Å². The third kappa shape index (κ3) is 3.39. The maximum Gasteiger partial charge on any atom is 0.227 e. The molecule has 0 aliphatic carbocycles. The van der Waals surface area contributed by atoms with E-state index < -0.39 is 0 Å². The summed E-state index contributed by atoms with van der Waals surface area (Å²) in [5.41, 5.74) is 0.879. The summed E-state index contributed by atoms with van der Waals surface area (Å²) in [4.78, 5) is 8.75. The lowest BCUT2D eigenvalue weighted by atomic mass is 10.3. The smallest absolute Gasteiger partial charge is 0.227 e. The molecule has 0 radical (unpaired) electrons. The molecule has 1 heterocycles. The third-order valence-electron chi connectivity index (χ3n) is 2.80. The standard InChI is InChI=1S/C15H18ClN3O/c1-4-9-17-14-10(2)15(19-11(3)18-14)20-13-8-6-5-7-12(13)16/h5-8H,4,9H2,1-3H3,(H,17,18,19). The summed E-state index contributed by atoms with van der Waals surface area (Å²) >= 11 is 6.11. The van der Waals surface area contributed by atoms with Crippen molar-refractivity contribution in [3.05, 3.63) is 40.7 Å². The number of para-hydroxylation sites is 1. The average molecular weight is 292 g/mol. The van der Waals surface area contributed by atoms with Gasteiger partial charge in [-0.2, -0.15) is 4.98 Å². The number of anilines is 1. The molecule has 0 saturated carbocycles. The predicted octanol–water partition coefficient (Wildman–Crippen LogP) is 4.36. The van der Waals surface area contributed by atoms with Crippen molar-refractivity contribution in [2.45, 2.75) is 27.2 Å². The van der Waals surface area contributed by atoms with Gasteiger partial charge < -0.3 is 10.1 Å². The number of hydrogen-bond donors (Lipinski definition) is 1. The van der Waals surface area contributed by atoms with Gasteiger partial charge in [-0.05, 0) is 32.4 Å². The van der Waals surface area contributed by atoms with Crippen LogP contribution in [0.3, 0.4) is 0 Å². The van der Waals surface area contributed by atoms with E-state index in [2.05, 4.69) is 22.2 Å². The number of rotatable bonds is 5. The molecule has 0 bridgehead atoms. The molecule has 0 aliphatic heterocycles. The van der Waals surface area contributed by atoms with Gasteiger partial charge in [0.1, 0.15) is 17.4 Å². The van der Waals surface area contributed by atoms with Gasteiger partial charge in [0, 0.05) is 6.54 Å². The summed E-state index contributed by atoms with van der Waals surface area (Å²) in [6, 6.07) is 7.34. The Morgan fingerprint density at radius 2 is 1.95 bits per heavy atom. The van der Waals surface area contributed by atoms with Crippen molar-refractivity contribution >= 4 is 17.4 Å². The molecule has 2 rings (SSSR count). The van der Waals surface area contributed by atoms with Crippen LogP contribution >= 0.6 is 11.6 Å². The number of ether oxygens (including phenoxy) is 1. The van der Waals surface area contributed by atoms with Crippen LogP contribution < -0.4 is 10.1 Å². The lowest BCUT2D eigenvalue weighted by Gasteiger charge is -2.13. The molecule has 0 fully saturated rings. The van der Waals surface area contributed by atoms with Crippen LogP contribution in [0.25, 0.3) is 0 Å². The van der Waals surface area contributed by atoms with Gasteiger partial charge in [0.2, 0.25) is 5.88 Å². The zero-order chi connectivity index (χ0) is 14.5. The van der Waals surface area contributed by atoms with Gasteiger partial charge in [0.25, 0.3) is 0 Å². The maximum absolute atomic E-state index is 6.11. The SMILES string of the molecule is CCCNc1nc(C)nc(Oc2ccccc2Cl)c1C. The molecule has 106 valence electrons. The van der Waals surface area contributed by atoms with Crippen LogP contribution in [0.5, 0.6) is 11.6 Å². The molecule has 1 aromatic heterocycles. The fraction of sp³-hybridized carbons (Fsp3) is 0.333. The summed E-state index contributed by atoms with van der Waals surface area (Å²) < 4.78 is 5.82. The van der Waals surface area contributed by atoms with Gasteiger partial charge in [0.15, 0.2) is 0 Å². The first-order chi connectivity index (χ1) is 9.61. The number of nitrogens with zero attached hydrogens (tertiary/aromatic N) is 2. The first kappa shape index (κ1) is 14.6. The monoisotopic (exact) mass is 291 g/mol. The molecule has 0 saturated heterocycles. The summed E-state index contributed by atoms with van der Waals surface area (Å²) in [5, 5.41) is 3.84. The molecule has 0 aliphatic rings. The van der Waals surface area contributed by atoms with Crippen molar-refractivity contribution in [1.29, 1.82) is 0 Å². The molecule has 1 N–H and O–H groups in total. The Labute approximate surface area is 124 Å². The lowest BCUT2D eigenvalue weighted by Crippen LogP contribution is -2.07. The fourth-order valence-corrected chi connectivity index (χ4v) is 1.92. The van der Waals surface area contributed by atoms with Gasteiger partial charge in [-0.1, -0.05) is 30.7 Å². The Kier molecular flexibility index (Phi) is 4.79. The number of benzene rings is 1. The second-order valence-corrected chi connectivity index (χ2v) is 4.92. The summed E-state index contributed by atoms with van der Waals surface area (Å²) in [6.07, 6.45) is 1.03. The topological polar surface area (TPSA) is 47.0 Å². The Morgan fingerprint density at radius 3 is 2.65 bits per heavy atom. The minimum atomic E-state index is 0.532. The number of halogens is 1. The van der Waals surface area contributed by atoms with Crippen molar-refractivity contribution in [2.75, 3.05) is 11.9 Å². The molecule has 2 aromatic rings. The summed E-state index contributed by atoms with van der Waals surface area (Å²) in [5.74, 6) is 2.60. The number of aromatic nitrogens is 2. The lowest BCUT2D eigenvalue weighted by molar-refractivity contribution is 0.456. The molecular formula is C15H18ClN3O. The van der Waals surface area contributed by atoms with E-state index in [4.69, 9.17) is 16.3 Å². The van der Waals surface area contributed by atoms with E-state index in [1.807, 2.05) is 32.0 Å². The zero-order valence-corrected chi connectivity index (χ0v) is 12.7. The van der Waals surface area contributed by atoms with Crippen LogP contribution in [0.4, 0.5) is 5.82 Å². The van der Waals surface area contributed by atoms with E-state index in [0.717, 1.165) is 24.3 Å². The van der Waals surface area contributed by atoms with E-state index in [-0.39, 0.29) is 0 Å². The highest BCUT2D eigenvalue weighted by Crippen LogP contribution is 2.31. The molecule has 20 heavy (non-hydrogen) atoms. The fourth-order valence-electron chi connectivity index (χ4n) is 1.75. The highest BCUT2D eigenvalue weighted by Gasteiger charge is 2.12. The van der Waals surface area contributed by atoms with Crippen LogP contribution in [0.15, 0.2) is 24.3 Å². The quantitative estimate of drug-likeness (QED) is 0.889. The average Bonchev–Trinajstić information content (AvgIpc) is 2.43. The van der Waals surface area contributed by atoms with Crippen LogP contribution in [0.2, 0.25) is 5.02 Å². The summed E-state index contributed by atoms with van der Waals surface area (Å²) in [6.45, 7) is 6.75. The number of nitrogens with one attached hydrogen (secondary N) is 1. The van der Waals surface area contributed by atoms with Crippen LogP contribution in [-0.4, -0.2) is 16.5 Å². The molecule has 0 unspecified atom stereocenters. The van der Waals surface area contributed by atoms with Gasteiger partial charge in [-0.15, -0.1) is 0 Å². The second kappa shape index (κ2) is 6.57. The van der Waals surface area contributed by atoms with E-state index in [9.17, 15) is 0 Å². The predicted molar refractivity (Wildman–Crippen MR) is 81.8 cm³/mol. The first-order valence-corrected chi connectivity index (χ1v) is 7.01.